The molecule has 2 aromatic heterocycles. The number of benzene rings is 1. The molecule has 2 aliphatic heterocycles. The van der Waals surface area contributed by atoms with Gasteiger partial charge >= 0.3 is 0 Å². The van der Waals surface area contributed by atoms with E-state index in [4.69, 9.17) is 4.52 Å². The third-order valence-electron chi connectivity index (χ3n) is 6.15. The second-order valence-electron chi connectivity index (χ2n) is 8.09. The molecule has 0 bridgehead atoms. The first-order chi connectivity index (χ1) is 14.7. The van der Waals surface area contributed by atoms with Crippen molar-refractivity contribution in [1.29, 1.82) is 0 Å². The minimum Gasteiger partial charge on any atom is -0.356 e. The number of aromatic nitrogens is 3. The molecule has 2 fully saturated rings. The summed E-state index contributed by atoms with van der Waals surface area (Å²) in [7, 11) is 0. The average Bonchev–Trinajstić information content (AvgIpc) is 3.22. The maximum absolute atomic E-state index is 13.4. The number of likely N-dealkylation sites (tertiary alicyclic amines) is 1. The normalized spacial score (nSPS) is 18.2. The first-order valence-electron chi connectivity index (χ1n) is 10.6. The lowest BCUT2D eigenvalue weighted by atomic mass is 9.91. The maximum atomic E-state index is 13.4. The Morgan fingerprint density at radius 2 is 1.77 bits per heavy atom. The molecule has 3 aromatic rings. The number of carbonyl (C=O) groups is 1. The topological polar surface area (TPSA) is 75.4 Å². The fourth-order valence-corrected chi connectivity index (χ4v) is 4.45. The van der Waals surface area contributed by atoms with Gasteiger partial charge in [0.05, 0.1) is 11.3 Å². The molecule has 0 N–H and O–H groups in total. The summed E-state index contributed by atoms with van der Waals surface area (Å²) in [6.07, 6.45) is 8.44. The molecule has 2 aliphatic rings. The van der Waals surface area contributed by atoms with Gasteiger partial charge in [-0.1, -0.05) is 5.16 Å². The number of nitrogens with zero attached hydrogens (tertiary/aromatic N) is 5. The highest BCUT2D eigenvalue weighted by atomic mass is 19.1. The molecular weight excluding hydrogens is 385 g/mol. The Labute approximate surface area is 173 Å². The van der Waals surface area contributed by atoms with Crippen molar-refractivity contribution in [2.24, 2.45) is 0 Å². The zero-order valence-electron chi connectivity index (χ0n) is 16.8. The maximum Gasteiger partial charge on any atom is 0.256 e. The largest absolute Gasteiger partial charge is 0.356 e. The lowest BCUT2D eigenvalue weighted by molar-refractivity contribution is 0.0711. The van der Waals surface area contributed by atoms with Crippen LogP contribution in [-0.4, -0.2) is 52.1 Å². The van der Waals surface area contributed by atoms with E-state index in [2.05, 4.69) is 20.0 Å². The molecule has 5 rings (SSSR count). The lowest BCUT2D eigenvalue weighted by Crippen LogP contribution is -2.38. The SMILES string of the molecule is O=C(c1cnc(N2CCCCC2)nc1)N1CCC(c2noc3cc(F)ccc23)CC1. The number of anilines is 1. The summed E-state index contributed by atoms with van der Waals surface area (Å²) in [5.41, 5.74) is 1.84. The highest BCUT2D eigenvalue weighted by molar-refractivity contribution is 5.93. The third kappa shape index (κ3) is 3.62. The summed E-state index contributed by atoms with van der Waals surface area (Å²) in [5, 5.41) is 5.02. The van der Waals surface area contributed by atoms with Crippen LogP contribution in [0.2, 0.25) is 0 Å². The minimum atomic E-state index is -0.334. The van der Waals surface area contributed by atoms with E-state index in [1.165, 1.54) is 18.6 Å². The molecular formula is C22H24FN5O2. The molecule has 1 amide bonds. The Morgan fingerprint density at radius 3 is 2.50 bits per heavy atom. The smallest absolute Gasteiger partial charge is 0.256 e. The predicted molar refractivity (Wildman–Crippen MR) is 110 cm³/mol. The molecule has 0 aliphatic carbocycles. The van der Waals surface area contributed by atoms with Gasteiger partial charge in [0.15, 0.2) is 5.58 Å². The van der Waals surface area contributed by atoms with E-state index in [0.717, 1.165) is 49.9 Å². The number of hydrogen-bond donors (Lipinski definition) is 0. The number of hydrogen-bond acceptors (Lipinski definition) is 6. The van der Waals surface area contributed by atoms with Crippen LogP contribution in [0, 0.1) is 5.82 Å². The van der Waals surface area contributed by atoms with E-state index >= 15 is 0 Å². The van der Waals surface area contributed by atoms with Gasteiger partial charge in [0.25, 0.3) is 5.91 Å². The Bertz CT molecular complexity index is 1040. The second-order valence-corrected chi connectivity index (χ2v) is 8.09. The van der Waals surface area contributed by atoms with Gasteiger partial charge in [-0.25, -0.2) is 14.4 Å². The molecule has 4 heterocycles. The van der Waals surface area contributed by atoms with E-state index in [9.17, 15) is 9.18 Å². The summed E-state index contributed by atoms with van der Waals surface area (Å²) in [5.74, 6) is 0.530. The van der Waals surface area contributed by atoms with Crippen molar-refractivity contribution in [3.05, 3.63) is 47.7 Å². The molecule has 30 heavy (non-hydrogen) atoms. The van der Waals surface area contributed by atoms with Crippen LogP contribution in [-0.2, 0) is 0 Å². The molecule has 7 nitrogen and oxygen atoms in total. The summed E-state index contributed by atoms with van der Waals surface area (Å²) < 4.78 is 18.7. The van der Waals surface area contributed by atoms with Gasteiger partial charge in [0, 0.05) is 55.9 Å². The number of halogens is 1. The van der Waals surface area contributed by atoms with E-state index in [0.29, 0.717) is 30.2 Å². The van der Waals surface area contributed by atoms with Gasteiger partial charge in [-0.2, -0.15) is 0 Å². The lowest BCUT2D eigenvalue weighted by Gasteiger charge is -2.31. The highest BCUT2D eigenvalue weighted by Crippen LogP contribution is 2.33. The van der Waals surface area contributed by atoms with Gasteiger partial charge in [-0.15, -0.1) is 0 Å². The van der Waals surface area contributed by atoms with Crippen molar-refractivity contribution >= 4 is 22.8 Å². The summed E-state index contributed by atoms with van der Waals surface area (Å²) in [6, 6.07) is 4.50. The molecule has 1 aromatic carbocycles. The van der Waals surface area contributed by atoms with E-state index in [-0.39, 0.29) is 17.6 Å². The zero-order valence-corrected chi connectivity index (χ0v) is 16.8. The summed E-state index contributed by atoms with van der Waals surface area (Å²) >= 11 is 0. The predicted octanol–water partition coefficient (Wildman–Crippen LogP) is 3.77. The molecule has 8 heteroatoms. The zero-order chi connectivity index (χ0) is 20.5. The number of fused-ring (bicyclic) bond motifs is 1. The number of carbonyl (C=O) groups excluding carboxylic acids is 1. The molecule has 0 saturated carbocycles. The van der Waals surface area contributed by atoms with Crippen molar-refractivity contribution in [2.75, 3.05) is 31.1 Å². The molecule has 0 radical (unpaired) electrons. The number of amides is 1. The Balaban J connectivity index is 1.23. The number of piperidine rings is 2. The van der Waals surface area contributed by atoms with Crippen LogP contribution < -0.4 is 4.90 Å². The van der Waals surface area contributed by atoms with Crippen molar-refractivity contribution < 1.29 is 13.7 Å². The van der Waals surface area contributed by atoms with E-state index < -0.39 is 0 Å². The molecule has 0 spiro atoms. The van der Waals surface area contributed by atoms with Gasteiger partial charge in [-0.05, 0) is 44.2 Å². The molecule has 0 atom stereocenters. The molecule has 0 unspecified atom stereocenters. The Hall–Kier alpha value is -3.03. The summed E-state index contributed by atoms with van der Waals surface area (Å²) in [4.78, 5) is 25.8. The fourth-order valence-electron chi connectivity index (χ4n) is 4.45. The second kappa shape index (κ2) is 8.01. The quantitative estimate of drug-likeness (QED) is 0.656. The van der Waals surface area contributed by atoms with Crippen LogP contribution >= 0.6 is 0 Å². The van der Waals surface area contributed by atoms with Gasteiger partial charge < -0.3 is 14.3 Å². The van der Waals surface area contributed by atoms with Crippen molar-refractivity contribution in [3.63, 3.8) is 0 Å². The van der Waals surface area contributed by atoms with Gasteiger partial charge in [0.1, 0.15) is 5.82 Å². The van der Waals surface area contributed by atoms with Crippen LogP contribution in [0.15, 0.2) is 35.1 Å². The molecule has 156 valence electrons. The summed E-state index contributed by atoms with van der Waals surface area (Å²) in [6.45, 7) is 3.22. The van der Waals surface area contributed by atoms with Crippen molar-refractivity contribution in [3.8, 4) is 0 Å². The van der Waals surface area contributed by atoms with Crippen molar-refractivity contribution in [2.45, 2.75) is 38.0 Å². The Morgan fingerprint density at radius 1 is 1.03 bits per heavy atom. The van der Waals surface area contributed by atoms with Crippen LogP contribution in [0.1, 0.15) is 54.1 Å². The highest BCUT2D eigenvalue weighted by Gasteiger charge is 2.28. The van der Waals surface area contributed by atoms with Gasteiger partial charge in [0.2, 0.25) is 5.95 Å². The average molecular weight is 409 g/mol. The first-order valence-corrected chi connectivity index (χ1v) is 10.6. The van der Waals surface area contributed by atoms with Crippen LogP contribution in [0.25, 0.3) is 11.0 Å². The van der Waals surface area contributed by atoms with Gasteiger partial charge in [-0.3, -0.25) is 4.79 Å². The Kier molecular flexibility index (Phi) is 5.06. The van der Waals surface area contributed by atoms with E-state index in [1.807, 2.05) is 4.90 Å². The fraction of sp³-hybridized carbons (Fsp3) is 0.455. The molecule has 2 saturated heterocycles. The third-order valence-corrected chi connectivity index (χ3v) is 6.15. The van der Waals surface area contributed by atoms with Crippen molar-refractivity contribution in [1.82, 2.24) is 20.0 Å². The van der Waals surface area contributed by atoms with E-state index in [1.54, 1.807) is 18.5 Å². The minimum absolute atomic E-state index is 0.0364. The monoisotopic (exact) mass is 409 g/mol. The standard InChI is InChI=1S/C22H24FN5O2/c23-17-4-5-18-19(12-17)30-26-20(18)15-6-10-27(11-7-15)21(29)16-13-24-22(25-14-16)28-8-2-1-3-9-28/h4-5,12-15H,1-3,6-11H2. The van der Waals surface area contributed by atoms with Crippen LogP contribution in [0.4, 0.5) is 10.3 Å². The van der Waals surface area contributed by atoms with Crippen LogP contribution in [0.3, 0.4) is 0 Å². The first kappa shape index (κ1) is 19.0. The van der Waals surface area contributed by atoms with Crippen LogP contribution in [0.5, 0.6) is 0 Å². The number of rotatable bonds is 3.